The molecule has 4 unspecified atom stereocenters. The van der Waals surface area contributed by atoms with Crippen molar-refractivity contribution in [2.24, 2.45) is 40.6 Å². The Morgan fingerprint density at radius 3 is 1.98 bits per heavy atom. The molecule has 22 heteroatoms. The van der Waals surface area contributed by atoms with E-state index in [0.29, 0.717) is 12.3 Å². The highest BCUT2D eigenvalue weighted by Gasteiger charge is 2.56. The highest BCUT2D eigenvalue weighted by atomic mass is 31.2. The summed E-state index contributed by atoms with van der Waals surface area (Å²) >= 11 is 0. The van der Waals surface area contributed by atoms with Crippen molar-refractivity contribution >= 4 is 31.7 Å². The van der Waals surface area contributed by atoms with Crippen molar-refractivity contribution in [1.82, 2.24) is 5.32 Å². The lowest BCUT2D eigenvalue weighted by atomic mass is 9.79. The second kappa shape index (κ2) is 28.8. The average molecular weight is 972 g/mol. The van der Waals surface area contributed by atoms with E-state index in [1.807, 2.05) is 0 Å². The summed E-state index contributed by atoms with van der Waals surface area (Å²) in [7, 11) is -4.33. The van der Waals surface area contributed by atoms with Gasteiger partial charge in [-0.05, 0) is 48.3 Å². The van der Waals surface area contributed by atoms with Gasteiger partial charge in [-0.25, -0.2) is 14.2 Å². The molecule has 0 aliphatic carbocycles. The molecule has 0 spiro atoms. The molecule has 21 nitrogen and oxygen atoms in total. The summed E-state index contributed by atoms with van der Waals surface area (Å²) in [5.74, 6) is -0.572. The zero-order chi connectivity index (χ0) is 49.9. The lowest BCUT2D eigenvalue weighted by molar-refractivity contribution is -0.339. The van der Waals surface area contributed by atoms with E-state index in [1.165, 1.54) is 44.9 Å². The van der Waals surface area contributed by atoms with E-state index in [2.05, 4.69) is 53.8 Å². The normalized spacial score (nSPS) is 28.7. The molecule has 2 fully saturated rings. The van der Waals surface area contributed by atoms with Crippen LogP contribution in [-0.2, 0) is 56.4 Å². The van der Waals surface area contributed by atoms with E-state index in [0.717, 1.165) is 51.6 Å². The molecule has 0 saturated carbocycles. The van der Waals surface area contributed by atoms with Crippen LogP contribution < -0.4 is 16.8 Å². The van der Waals surface area contributed by atoms with Crippen LogP contribution in [0.3, 0.4) is 0 Å². The Morgan fingerprint density at radius 1 is 0.788 bits per heavy atom. The Balaban J connectivity index is 2.02. The van der Waals surface area contributed by atoms with Crippen molar-refractivity contribution in [1.29, 1.82) is 0 Å². The fourth-order valence-electron chi connectivity index (χ4n) is 8.08. The predicted molar refractivity (Wildman–Crippen MR) is 239 cm³/mol. The summed E-state index contributed by atoms with van der Waals surface area (Å²) in [4.78, 5) is 59.9. The van der Waals surface area contributed by atoms with Crippen LogP contribution in [0.15, 0.2) is 0 Å². The lowest BCUT2D eigenvalue weighted by Gasteiger charge is -2.47. The Morgan fingerprint density at radius 2 is 1.41 bits per heavy atom. The van der Waals surface area contributed by atoms with Gasteiger partial charge in [0.15, 0.2) is 37.0 Å². The maximum absolute atomic E-state index is 13.5. The topological polar surface area (TPSA) is 324 Å². The van der Waals surface area contributed by atoms with Crippen molar-refractivity contribution in [3.63, 3.8) is 0 Å². The molecule has 2 rings (SSSR count). The number of primary amides is 2. The third-order valence-corrected chi connectivity index (χ3v) is 13.3. The van der Waals surface area contributed by atoms with Crippen LogP contribution >= 0.6 is 7.82 Å². The third kappa shape index (κ3) is 21.0. The molecular weight excluding hydrogens is 889 g/mol. The van der Waals surface area contributed by atoms with Crippen molar-refractivity contribution in [3.05, 3.63) is 0 Å². The number of hydrogen-bond donors (Lipinski definition) is 8. The minimum Gasteiger partial charge on any atom is -0.467 e. The molecule has 2 heterocycles. The van der Waals surface area contributed by atoms with Gasteiger partial charge in [0, 0.05) is 13.5 Å². The number of nitrogens with two attached hydrogens (primary N) is 2. The second-order valence-electron chi connectivity index (χ2n) is 19.5. The van der Waals surface area contributed by atoms with Gasteiger partial charge in [0.2, 0.25) is 11.8 Å². The van der Waals surface area contributed by atoms with Gasteiger partial charge < -0.3 is 70.5 Å². The Hall–Kier alpha value is -2.53. The fourth-order valence-corrected chi connectivity index (χ4v) is 8.90. The zero-order valence-corrected chi connectivity index (χ0v) is 41.3. The quantitative estimate of drug-likeness (QED) is 0.0281. The van der Waals surface area contributed by atoms with Gasteiger partial charge in [0.1, 0.15) is 30.5 Å². The predicted octanol–water partition coefficient (Wildman–Crippen LogP) is 3.31. The first-order chi connectivity index (χ1) is 30.8. The standard InChI is InChI=1S/C44H82N3O18P/c1-25(2)13-12-15-26(3)16-17-28(5)18-21-44(7,8)20-11-10-14-27(4)19-22-59-31(40(54)58-9)24-60-66(56,57)65-42-38(36(64-43(46)55)35(52)37(62-42)39(45)53)63-41-32(47-29(6)49)34(51)33(50)30(23-48)61-41/h25-28,30-38,41-42,48,50-52H,10-24H2,1-9H3,(H2,45,53)(H2,46,55)(H,47,49)(H,56,57)/t26?,27?,28?,30-,31-,32-,33-,34-,35+,36+,37+,38-,41+,42-/m1/s1. The molecule has 15 atom stereocenters. The van der Waals surface area contributed by atoms with Crippen LogP contribution in [0.5, 0.6) is 0 Å². The number of amides is 3. The summed E-state index contributed by atoms with van der Waals surface area (Å²) in [6.45, 7) is 15.4. The maximum Gasteiger partial charge on any atom is 0.474 e. The molecule has 0 aromatic rings. The number of nitrogens with one attached hydrogen (secondary N) is 1. The summed E-state index contributed by atoms with van der Waals surface area (Å²) < 4.78 is 56.1. The van der Waals surface area contributed by atoms with Crippen LogP contribution in [0.4, 0.5) is 4.79 Å². The molecule has 2 aliphatic rings. The first-order valence-corrected chi connectivity index (χ1v) is 24.8. The zero-order valence-electron chi connectivity index (χ0n) is 40.4. The number of rotatable bonds is 31. The molecule has 0 aromatic heterocycles. The largest absolute Gasteiger partial charge is 0.474 e. The smallest absolute Gasteiger partial charge is 0.467 e. The minimum absolute atomic E-state index is 0.0683. The van der Waals surface area contributed by atoms with Gasteiger partial charge in [-0.2, -0.15) is 0 Å². The highest BCUT2D eigenvalue weighted by Crippen LogP contribution is 2.48. The van der Waals surface area contributed by atoms with E-state index in [1.54, 1.807) is 0 Å². The van der Waals surface area contributed by atoms with Crippen LogP contribution in [0.1, 0.15) is 132 Å². The molecular formula is C44H82N3O18P. The Kier molecular flexibility index (Phi) is 26.0. The van der Waals surface area contributed by atoms with Gasteiger partial charge in [-0.15, -0.1) is 0 Å². The van der Waals surface area contributed by atoms with Crippen molar-refractivity contribution in [2.75, 3.05) is 26.9 Å². The number of hydrogen-bond acceptors (Lipinski definition) is 17. The molecule has 386 valence electrons. The van der Waals surface area contributed by atoms with Crippen LogP contribution in [0, 0.1) is 29.1 Å². The molecule has 10 N–H and O–H groups in total. The molecule has 0 bridgehead atoms. The highest BCUT2D eigenvalue weighted by molar-refractivity contribution is 7.47. The van der Waals surface area contributed by atoms with Crippen LogP contribution in [-0.4, -0.2) is 144 Å². The molecule has 2 saturated heterocycles. The van der Waals surface area contributed by atoms with Gasteiger partial charge in [0.05, 0.1) is 20.3 Å². The van der Waals surface area contributed by atoms with Gasteiger partial charge in [-0.3, -0.25) is 18.6 Å². The molecule has 0 radical (unpaired) electrons. The van der Waals surface area contributed by atoms with E-state index >= 15 is 0 Å². The van der Waals surface area contributed by atoms with Crippen molar-refractivity contribution in [2.45, 2.75) is 200 Å². The summed E-state index contributed by atoms with van der Waals surface area (Å²) in [5, 5.41) is 44.3. The van der Waals surface area contributed by atoms with E-state index in [-0.39, 0.29) is 17.9 Å². The number of carbonyl (C=O) groups excluding carboxylic acids is 4. The minimum atomic E-state index is -5.42. The average Bonchev–Trinajstić information content (AvgIpc) is 3.22. The number of aliphatic hydroxyl groups excluding tert-OH is 4. The number of aliphatic hydroxyl groups is 4. The lowest BCUT2D eigenvalue weighted by Crippen LogP contribution is -2.68. The van der Waals surface area contributed by atoms with Crippen LogP contribution in [0.2, 0.25) is 0 Å². The Bertz CT molecular complexity index is 1530. The Labute approximate surface area is 390 Å². The summed E-state index contributed by atoms with van der Waals surface area (Å²) in [5.41, 5.74) is 10.8. The first kappa shape index (κ1) is 59.6. The van der Waals surface area contributed by atoms with E-state index < -0.39 is 112 Å². The van der Waals surface area contributed by atoms with E-state index in [4.69, 9.17) is 48.9 Å². The number of ether oxygens (including phenoxy) is 6. The summed E-state index contributed by atoms with van der Waals surface area (Å²) in [6.07, 6.45) is -7.27. The number of esters is 1. The molecule has 2 aliphatic heterocycles. The molecule has 66 heavy (non-hydrogen) atoms. The number of unbranched alkanes of at least 4 members (excludes halogenated alkanes) is 1. The van der Waals surface area contributed by atoms with Gasteiger partial charge in [-0.1, -0.05) is 106 Å². The number of phosphoric ester groups is 1. The fraction of sp³-hybridized carbons (Fsp3) is 0.909. The summed E-state index contributed by atoms with van der Waals surface area (Å²) in [6, 6.07) is -1.62. The van der Waals surface area contributed by atoms with Gasteiger partial charge >= 0.3 is 19.9 Å². The number of phosphoric acid groups is 1. The van der Waals surface area contributed by atoms with Crippen molar-refractivity contribution in [3.8, 4) is 0 Å². The van der Waals surface area contributed by atoms with Gasteiger partial charge in [0.25, 0.3) is 0 Å². The second-order valence-corrected chi connectivity index (χ2v) is 20.9. The van der Waals surface area contributed by atoms with Crippen molar-refractivity contribution < 1.29 is 86.5 Å². The SMILES string of the molecule is COC(=O)[C@@H](COP(=O)(O)O[C@H]1O[C@H](C(N)=O)[C@@H](O)[C@H](OC(N)=O)[C@H]1O[C@@H]1O[C@H](CO)[C@@H](O)[C@H](O)[C@H]1NC(C)=O)OCCC(C)CCCCC(C)(C)CCC(C)CCC(C)CCCC(C)C. The van der Waals surface area contributed by atoms with E-state index in [9.17, 15) is 49.1 Å². The maximum atomic E-state index is 13.5. The first-order valence-electron chi connectivity index (χ1n) is 23.3. The monoisotopic (exact) mass is 972 g/mol. The number of methoxy groups -OCH3 is 1. The molecule has 0 aromatic carbocycles. The number of carbonyl (C=O) groups is 4. The third-order valence-electron chi connectivity index (χ3n) is 12.4. The van der Waals surface area contributed by atoms with Crippen LogP contribution in [0.25, 0.3) is 0 Å². The molecule has 3 amide bonds.